The van der Waals surface area contributed by atoms with Gasteiger partial charge in [0.05, 0.1) is 5.60 Å². The van der Waals surface area contributed by atoms with E-state index in [9.17, 15) is 4.79 Å². The van der Waals surface area contributed by atoms with Crippen molar-refractivity contribution in [3.05, 3.63) is 0 Å². The van der Waals surface area contributed by atoms with Crippen molar-refractivity contribution in [3.63, 3.8) is 0 Å². The third-order valence-electron chi connectivity index (χ3n) is 5.07. The van der Waals surface area contributed by atoms with Gasteiger partial charge in [0.2, 0.25) is 5.91 Å². The molecule has 2 fully saturated rings. The van der Waals surface area contributed by atoms with Gasteiger partial charge in [0.25, 0.3) is 0 Å². The van der Waals surface area contributed by atoms with Gasteiger partial charge in [-0.2, -0.15) is 0 Å². The van der Waals surface area contributed by atoms with E-state index in [1.165, 1.54) is 12.8 Å². The molecule has 2 aliphatic rings. The topological polar surface area (TPSA) is 29.5 Å². The second-order valence-corrected chi connectivity index (χ2v) is 7.56. The lowest BCUT2D eigenvalue weighted by molar-refractivity contribution is -0.134. The van der Waals surface area contributed by atoms with Crippen LogP contribution in [0.25, 0.3) is 0 Å². The first-order valence-electron chi connectivity index (χ1n) is 8.31. The summed E-state index contributed by atoms with van der Waals surface area (Å²) in [6.45, 7) is 11.7. The largest absolute Gasteiger partial charge is 0.376 e. The van der Waals surface area contributed by atoms with Crippen LogP contribution in [-0.4, -0.2) is 36.1 Å². The van der Waals surface area contributed by atoms with Gasteiger partial charge in [-0.15, -0.1) is 0 Å². The SMILES string of the molecule is CC(C)C(CC(=O)N1CCCC1)C1CCOC(C)(C)C1. The van der Waals surface area contributed by atoms with E-state index in [1.54, 1.807) is 0 Å². The van der Waals surface area contributed by atoms with Gasteiger partial charge in [-0.05, 0) is 57.3 Å². The normalized spacial score (nSPS) is 27.9. The summed E-state index contributed by atoms with van der Waals surface area (Å²) in [4.78, 5) is 14.5. The van der Waals surface area contributed by atoms with Crippen LogP contribution in [0.3, 0.4) is 0 Å². The molecule has 0 aliphatic carbocycles. The highest BCUT2D eigenvalue weighted by Crippen LogP contribution is 2.38. The molecule has 116 valence electrons. The lowest BCUT2D eigenvalue weighted by Crippen LogP contribution is -2.40. The molecule has 2 rings (SSSR count). The lowest BCUT2D eigenvalue weighted by Gasteiger charge is -2.40. The van der Waals surface area contributed by atoms with Gasteiger partial charge < -0.3 is 9.64 Å². The Kier molecular flexibility index (Phi) is 5.11. The summed E-state index contributed by atoms with van der Waals surface area (Å²) in [5.74, 6) is 2.09. The van der Waals surface area contributed by atoms with Crippen molar-refractivity contribution in [1.82, 2.24) is 4.90 Å². The molecule has 0 spiro atoms. The number of nitrogens with zero attached hydrogens (tertiary/aromatic N) is 1. The van der Waals surface area contributed by atoms with Crippen molar-refractivity contribution in [1.29, 1.82) is 0 Å². The molecule has 2 heterocycles. The van der Waals surface area contributed by atoms with Crippen LogP contribution in [-0.2, 0) is 9.53 Å². The molecule has 0 saturated carbocycles. The maximum atomic E-state index is 12.5. The zero-order valence-corrected chi connectivity index (χ0v) is 13.7. The van der Waals surface area contributed by atoms with E-state index in [0.29, 0.717) is 23.7 Å². The summed E-state index contributed by atoms with van der Waals surface area (Å²) >= 11 is 0. The minimum absolute atomic E-state index is 0.0211. The first-order chi connectivity index (χ1) is 9.39. The monoisotopic (exact) mass is 281 g/mol. The van der Waals surface area contributed by atoms with E-state index < -0.39 is 0 Å². The Morgan fingerprint density at radius 2 is 1.95 bits per heavy atom. The number of ether oxygens (including phenoxy) is 1. The predicted octanol–water partition coefficient (Wildman–Crippen LogP) is 3.48. The van der Waals surface area contributed by atoms with E-state index >= 15 is 0 Å². The van der Waals surface area contributed by atoms with Crippen LogP contribution in [0.4, 0.5) is 0 Å². The fraction of sp³-hybridized carbons (Fsp3) is 0.941. The minimum atomic E-state index is -0.0211. The number of carbonyl (C=O) groups excluding carboxylic acids is 1. The van der Waals surface area contributed by atoms with Gasteiger partial charge >= 0.3 is 0 Å². The molecule has 2 saturated heterocycles. The fourth-order valence-electron chi connectivity index (χ4n) is 3.89. The molecule has 0 bridgehead atoms. The van der Waals surface area contributed by atoms with Gasteiger partial charge in [-0.25, -0.2) is 0 Å². The molecule has 0 aromatic heterocycles. The number of amides is 1. The van der Waals surface area contributed by atoms with E-state index in [0.717, 1.165) is 39.0 Å². The Bertz CT molecular complexity index is 332. The highest BCUT2D eigenvalue weighted by molar-refractivity contribution is 5.76. The standard InChI is InChI=1S/C17H31NO2/c1-13(2)15(11-16(19)18-8-5-6-9-18)14-7-10-20-17(3,4)12-14/h13-15H,5-12H2,1-4H3. The van der Waals surface area contributed by atoms with Crippen LogP contribution in [0.15, 0.2) is 0 Å². The van der Waals surface area contributed by atoms with Crippen LogP contribution in [0.1, 0.15) is 59.8 Å². The summed E-state index contributed by atoms with van der Waals surface area (Å²) in [5.41, 5.74) is -0.0211. The van der Waals surface area contributed by atoms with Crippen molar-refractivity contribution in [2.75, 3.05) is 19.7 Å². The predicted molar refractivity (Wildman–Crippen MR) is 81.5 cm³/mol. The van der Waals surface area contributed by atoms with Gasteiger partial charge in [0.15, 0.2) is 0 Å². The average Bonchev–Trinajstić information content (AvgIpc) is 2.87. The van der Waals surface area contributed by atoms with Crippen LogP contribution in [0.5, 0.6) is 0 Å². The van der Waals surface area contributed by atoms with Crippen LogP contribution < -0.4 is 0 Å². The molecule has 3 heteroatoms. The molecule has 0 aromatic rings. The van der Waals surface area contributed by atoms with E-state index in [4.69, 9.17) is 4.74 Å². The number of hydrogen-bond donors (Lipinski definition) is 0. The molecule has 3 nitrogen and oxygen atoms in total. The summed E-state index contributed by atoms with van der Waals surface area (Å²) in [6, 6.07) is 0. The minimum Gasteiger partial charge on any atom is -0.376 e. The van der Waals surface area contributed by atoms with Gasteiger partial charge in [-0.1, -0.05) is 13.8 Å². The number of rotatable bonds is 4. The Morgan fingerprint density at radius 1 is 1.30 bits per heavy atom. The van der Waals surface area contributed by atoms with E-state index in [1.807, 2.05) is 0 Å². The summed E-state index contributed by atoms with van der Waals surface area (Å²) in [6.07, 6.45) is 5.30. The molecule has 2 atom stereocenters. The molecule has 0 radical (unpaired) electrons. The van der Waals surface area contributed by atoms with Crippen LogP contribution >= 0.6 is 0 Å². The smallest absolute Gasteiger partial charge is 0.222 e. The van der Waals surface area contributed by atoms with Crippen molar-refractivity contribution >= 4 is 5.91 Å². The molecule has 1 amide bonds. The quantitative estimate of drug-likeness (QED) is 0.789. The van der Waals surface area contributed by atoms with Gasteiger partial charge in [0.1, 0.15) is 0 Å². The van der Waals surface area contributed by atoms with Crippen molar-refractivity contribution in [2.45, 2.75) is 65.4 Å². The molecule has 20 heavy (non-hydrogen) atoms. The first kappa shape index (κ1) is 15.8. The van der Waals surface area contributed by atoms with E-state index in [2.05, 4.69) is 32.6 Å². The highest BCUT2D eigenvalue weighted by Gasteiger charge is 2.36. The molecule has 0 aromatic carbocycles. The number of likely N-dealkylation sites (tertiary alicyclic amines) is 1. The number of hydrogen-bond acceptors (Lipinski definition) is 2. The Balaban J connectivity index is 1.97. The second-order valence-electron chi connectivity index (χ2n) is 7.56. The zero-order valence-electron chi connectivity index (χ0n) is 13.7. The third-order valence-corrected chi connectivity index (χ3v) is 5.07. The van der Waals surface area contributed by atoms with Gasteiger partial charge in [0, 0.05) is 26.1 Å². The zero-order chi connectivity index (χ0) is 14.8. The summed E-state index contributed by atoms with van der Waals surface area (Å²) in [5, 5.41) is 0. The van der Waals surface area contributed by atoms with Crippen molar-refractivity contribution in [3.8, 4) is 0 Å². The van der Waals surface area contributed by atoms with Crippen molar-refractivity contribution < 1.29 is 9.53 Å². The maximum Gasteiger partial charge on any atom is 0.222 e. The second kappa shape index (κ2) is 6.46. The molecular weight excluding hydrogens is 250 g/mol. The van der Waals surface area contributed by atoms with Gasteiger partial charge in [-0.3, -0.25) is 4.79 Å². The molecular formula is C17H31NO2. The van der Waals surface area contributed by atoms with Crippen LogP contribution in [0, 0.1) is 17.8 Å². The Labute approximate surface area is 124 Å². The number of carbonyl (C=O) groups is 1. The Morgan fingerprint density at radius 3 is 2.50 bits per heavy atom. The van der Waals surface area contributed by atoms with Crippen LogP contribution in [0.2, 0.25) is 0 Å². The maximum absolute atomic E-state index is 12.5. The Hall–Kier alpha value is -0.570. The summed E-state index contributed by atoms with van der Waals surface area (Å²) in [7, 11) is 0. The first-order valence-corrected chi connectivity index (χ1v) is 8.31. The average molecular weight is 281 g/mol. The lowest BCUT2D eigenvalue weighted by atomic mass is 9.73. The fourth-order valence-corrected chi connectivity index (χ4v) is 3.89. The van der Waals surface area contributed by atoms with Crippen molar-refractivity contribution in [2.24, 2.45) is 17.8 Å². The summed E-state index contributed by atoms with van der Waals surface area (Å²) < 4.78 is 5.83. The molecule has 2 unspecified atom stereocenters. The molecule has 2 aliphatic heterocycles. The van der Waals surface area contributed by atoms with E-state index in [-0.39, 0.29) is 5.60 Å². The highest BCUT2D eigenvalue weighted by atomic mass is 16.5. The third kappa shape index (κ3) is 3.97. The molecule has 0 N–H and O–H groups in total.